The summed E-state index contributed by atoms with van der Waals surface area (Å²) < 4.78 is 6.05. The lowest BCUT2D eigenvalue weighted by atomic mass is 10.1. The van der Waals surface area contributed by atoms with Crippen molar-refractivity contribution in [3.63, 3.8) is 0 Å². The predicted molar refractivity (Wildman–Crippen MR) is 72.3 cm³/mol. The molecular weight excluding hydrogens is 216 g/mol. The molecule has 0 heterocycles. The van der Waals surface area contributed by atoms with Gasteiger partial charge in [0, 0.05) is 19.4 Å². The highest BCUT2D eigenvalue weighted by Crippen LogP contribution is 2.21. The number of carbonyl (C=O) groups excluding carboxylic acids is 1. The molecule has 0 aliphatic carbocycles. The maximum Gasteiger partial charge on any atom is 0.191 e. The number of ketones is 1. The number of unbranched alkanes of at least 4 members (excludes halogenated alkanes) is 1. The van der Waals surface area contributed by atoms with E-state index >= 15 is 0 Å². The summed E-state index contributed by atoms with van der Waals surface area (Å²) in [6.45, 7) is 9.44. The Balaban J connectivity index is 3.81. The van der Waals surface area contributed by atoms with Crippen LogP contribution in [0, 0.1) is 0 Å². The summed E-state index contributed by atoms with van der Waals surface area (Å²) in [4.78, 5) is 11.5. The molecule has 16 heavy (non-hydrogen) atoms. The molecule has 0 saturated carbocycles. The molecule has 0 radical (unpaired) electrons. The summed E-state index contributed by atoms with van der Waals surface area (Å²) in [5, 5.41) is 0. The quantitative estimate of drug-likeness (QED) is 0.539. The molecule has 0 aliphatic heterocycles. The van der Waals surface area contributed by atoms with Crippen LogP contribution < -0.4 is 0 Å². The molecule has 0 aromatic rings. The molecule has 0 amide bonds. The van der Waals surface area contributed by atoms with Crippen molar-refractivity contribution in [1.82, 2.24) is 0 Å². The average Bonchev–Trinajstić information content (AvgIpc) is 2.33. The first-order valence-electron chi connectivity index (χ1n) is 6.79. The molecule has 0 aromatic carbocycles. The van der Waals surface area contributed by atoms with E-state index in [0.717, 1.165) is 19.3 Å². The Morgan fingerprint density at radius 3 is 2.00 bits per heavy atom. The maximum atomic E-state index is 11.5. The predicted octanol–water partition coefficient (Wildman–Crippen LogP) is 4.16. The van der Waals surface area contributed by atoms with Crippen LogP contribution in [0.25, 0.3) is 0 Å². The van der Waals surface area contributed by atoms with Gasteiger partial charge in [-0.2, -0.15) is 0 Å². The monoisotopic (exact) mass is 244 g/mol. The van der Waals surface area contributed by atoms with Gasteiger partial charge in [-0.05, 0) is 24.6 Å². The van der Waals surface area contributed by atoms with Crippen LogP contribution in [0.4, 0.5) is 0 Å². The molecule has 96 valence electrons. The molecule has 0 aromatic heterocycles. The smallest absolute Gasteiger partial charge is 0.191 e. The van der Waals surface area contributed by atoms with Gasteiger partial charge in [0.25, 0.3) is 0 Å². The van der Waals surface area contributed by atoms with E-state index in [1.54, 1.807) is 0 Å². The molecule has 0 saturated heterocycles. The van der Waals surface area contributed by atoms with Crippen LogP contribution in [0.5, 0.6) is 0 Å². The van der Waals surface area contributed by atoms with E-state index in [0.29, 0.717) is 18.8 Å². The van der Waals surface area contributed by atoms with Crippen LogP contribution in [0.2, 0.25) is 18.1 Å². The molecule has 0 bridgehead atoms. The Labute approximate surface area is 102 Å². The zero-order valence-electron chi connectivity index (χ0n) is 11.5. The zero-order valence-corrected chi connectivity index (χ0v) is 12.5. The third-order valence-electron chi connectivity index (χ3n) is 3.53. The molecular formula is C13H28O2Si. The van der Waals surface area contributed by atoms with Crippen molar-refractivity contribution in [2.75, 3.05) is 6.61 Å². The topological polar surface area (TPSA) is 26.3 Å². The molecule has 0 fully saturated rings. The Kier molecular flexibility index (Phi) is 8.85. The first-order valence-corrected chi connectivity index (χ1v) is 9.32. The SMILES string of the molecule is CCCCC(=O)CCO[Si](CC)(CC)CC. The minimum Gasteiger partial charge on any atom is -0.416 e. The van der Waals surface area contributed by atoms with E-state index < -0.39 is 8.32 Å². The van der Waals surface area contributed by atoms with Gasteiger partial charge in [0.15, 0.2) is 8.32 Å². The number of hydrogen-bond acceptors (Lipinski definition) is 2. The van der Waals surface area contributed by atoms with Gasteiger partial charge < -0.3 is 4.43 Å². The van der Waals surface area contributed by atoms with Crippen LogP contribution in [-0.2, 0) is 9.22 Å². The van der Waals surface area contributed by atoms with Crippen molar-refractivity contribution in [1.29, 1.82) is 0 Å². The number of carbonyl (C=O) groups is 1. The highest BCUT2D eigenvalue weighted by Gasteiger charge is 2.28. The van der Waals surface area contributed by atoms with Crippen LogP contribution in [0.15, 0.2) is 0 Å². The third kappa shape index (κ3) is 5.80. The Hall–Kier alpha value is -0.153. The zero-order chi connectivity index (χ0) is 12.4. The van der Waals surface area contributed by atoms with Gasteiger partial charge in [-0.15, -0.1) is 0 Å². The number of Topliss-reactive ketones (excluding diaryl/α,β-unsaturated/α-hetero) is 1. The fourth-order valence-electron chi connectivity index (χ4n) is 1.94. The highest BCUT2D eigenvalue weighted by molar-refractivity contribution is 6.73. The fourth-order valence-corrected chi connectivity index (χ4v) is 4.58. The highest BCUT2D eigenvalue weighted by atomic mass is 28.4. The third-order valence-corrected chi connectivity index (χ3v) is 8.21. The summed E-state index contributed by atoms with van der Waals surface area (Å²) in [7, 11) is -1.47. The van der Waals surface area contributed by atoms with Crippen molar-refractivity contribution in [2.24, 2.45) is 0 Å². The molecule has 2 nitrogen and oxygen atoms in total. The Morgan fingerprint density at radius 1 is 1.00 bits per heavy atom. The van der Waals surface area contributed by atoms with Crippen LogP contribution >= 0.6 is 0 Å². The summed E-state index contributed by atoms with van der Waals surface area (Å²) in [6, 6.07) is 3.51. The summed E-state index contributed by atoms with van der Waals surface area (Å²) in [6.07, 6.45) is 3.48. The van der Waals surface area contributed by atoms with Gasteiger partial charge in [-0.3, -0.25) is 4.79 Å². The van der Waals surface area contributed by atoms with Gasteiger partial charge in [0.2, 0.25) is 0 Å². The Bertz CT molecular complexity index is 180. The second kappa shape index (κ2) is 8.94. The van der Waals surface area contributed by atoms with Gasteiger partial charge in [0.05, 0.1) is 0 Å². The number of rotatable bonds is 10. The van der Waals surface area contributed by atoms with Crippen LogP contribution in [0.1, 0.15) is 53.4 Å². The van der Waals surface area contributed by atoms with Gasteiger partial charge in [-0.25, -0.2) is 0 Å². The first kappa shape index (κ1) is 15.8. The minimum atomic E-state index is -1.47. The summed E-state index contributed by atoms with van der Waals surface area (Å²) >= 11 is 0. The molecule has 0 rings (SSSR count). The lowest BCUT2D eigenvalue weighted by molar-refractivity contribution is -0.119. The van der Waals surface area contributed by atoms with E-state index in [4.69, 9.17) is 4.43 Å². The lowest BCUT2D eigenvalue weighted by Crippen LogP contribution is -2.36. The molecule has 0 aliphatic rings. The van der Waals surface area contributed by atoms with Gasteiger partial charge in [0.1, 0.15) is 5.78 Å². The second-order valence-corrected chi connectivity index (χ2v) is 9.26. The standard InChI is InChI=1S/C13H28O2Si/c1-5-9-10-13(14)11-12-15-16(6-2,7-3)8-4/h5-12H2,1-4H3. The van der Waals surface area contributed by atoms with Crippen molar-refractivity contribution < 1.29 is 9.22 Å². The summed E-state index contributed by atoms with van der Waals surface area (Å²) in [5.41, 5.74) is 0. The first-order chi connectivity index (χ1) is 7.64. The summed E-state index contributed by atoms with van der Waals surface area (Å²) in [5.74, 6) is 0.369. The Morgan fingerprint density at radius 2 is 1.56 bits per heavy atom. The van der Waals surface area contributed by atoms with E-state index in [1.807, 2.05) is 0 Å². The van der Waals surface area contributed by atoms with Gasteiger partial charge >= 0.3 is 0 Å². The maximum absolute atomic E-state index is 11.5. The second-order valence-electron chi connectivity index (χ2n) is 4.48. The van der Waals surface area contributed by atoms with Crippen LogP contribution in [-0.4, -0.2) is 20.7 Å². The van der Waals surface area contributed by atoms with Crippen molar-refractivity contribution in [2.45, 2.75) is 71.5 Å². The lowest BCUT2D eigenvalue weighted by Gasteiger charge is -2.27. The largest absolute Gasteiger partial charge is 0.416 e. The normalized spacial score (nSPS) is 11.8. The van der Waals surface area contributed by atoms with Crippen molar-refractivity contribution >= 4 is 14.1 Å². The van der Waals surface area contributed by atoms with Crippen molar-refractivity contribution in [3.8, 4) is 0 Å². The van der Waals surface area contributed by atoms with E-state index in [-0.39, 0.29) is 0 Å². The van der Waals surface area contributed by atoms with Gasteiger partial charge in [-0.1, -0.05) is 34.1 Å². The van der Waals surface area contributed by atoms with E-state index in [1.165, 1.54) is 18.1 Å². The van der Waals surface area contributed by atoms with E-state index in [9.17, 15) is 4.79 Å². The molecule has 0 N–H and O–H groups in total. The molecule has 0 unspecified atom stereocenters. The minimum absolute atomic E-state index is 0.369. The average molecular weight is 244 g/mol. The molecule has 0 spiro atoms. The van der Waals surface area contributed by atoms with Crippen molar-refractivity contribution in [3.05, 3.63) is 0 Å². The number of hydrogen-bond donors (Lipinski definition) is 0. The van der Waals surface area contributed by atoms with E-state index in [2.05, 4.69) is 27.7 Å². The molecule has 3 heteroatoms. The molecule has 0 atom stereocenters. The van der Waals surface area contributed by atoms with Crippen LogP contribution in [0.3, 0.4) is 0 Å². The fraction of sp³-hybridized carbons (Fsp3) is 0.923.